The van der Waals surface area contributed by atoms with Crippen molar-refractivity contribution in [3.8, 4) is 5.75 Å². The first-order valence-corrected chi connectivity index (χ1v) is 10.3. The third kappa shape index (κ3) is 5.92. The van der Waals surface area contributed by atoms with Crippen LogP contribution in [0.4, 0.5) is 0 Å². The third-order valence-corrected chi connectivity index (χ3v) is 5.38. The maximum absolute atomic E-state index is 12.0. The molecule has 0 aliphatic heterocycles. The zero-order valence-corrected chi connectivity index (χ0v) is 18.7. The number of halogens is 2. The smallest absolute Gasteiger partial charge is 0.276 e. The van der Waals surface area contributed by atoms with E-state index in [1.807, 2.05) is 55.5 Å². The molecule has 0 unspecified atom stereocenters. The summed E-state index contributed by atoms with van der Waals surface area (Å²) in [5.41, 5.74) is 6.69. The van der Waals surface area contributed by atoms with Crippen molar-refractivity contribution in [2.75, 3.05) is 6.61 Å². The molecule has 148 valence electrons. The normalized spacial score (nSPS) is 10.9. The molecule has 0 aliphatic carbocycles. The number of fused-ring (bicyclic) bond motifs is 1. The van der Waals surface area contributed by atoms with Gasteiger partial charge in [-0.05, 0) is 63.5 Å². The Hall–Kier alpha value is -2.64. The topological polar surface area (TPSA) is 67.4 Å². The fraction of sp³-hybridized carbons (Fsp3) is 0.0909. The van der Waals surface area contributed by atoms with Gasteiger partial charge in [-0.1, -0.05) is 57.9 Å². The van der Waals surface area contributed by atoms with E-state index in [0.717, 1.165) is 30.8 Å². The molecule has 0 aromatic heterocycles. The highest BCUT2D eigenvalue weighted by atomic mass is 79.9. The molecule has 7 heteroatoms. The predicted molar refractivity (Wildman–Crippen MR) is 121 cm³/mol. The number of amides is 2. The lowest BCUT2D eigenvalue weighted by Gasteiger charge is -2.11. The second-order valence-corrected chi connectivity index (χ2v) is 8.02. The van der Waals surface area contributed by atoms with Crippen LogP contribution >= 0.6 is 31.9 Å². The zero-order chi connectivity index (χ0) is 20.8. The highest BCUT2D eigenvalue weighted by Gasteiger charge is 2.09. The van der Waals surface area contributed by atoms with Gasteiger partial charge < -0.3 is 4.74 Å². The Bertz CT molecular complexity index is 1080. The number of ether oxygens (including phenoxy) is 1. The summed E-state index contributed by atoms with van der Waals surface area (Å²) in [5.74, 6) is -0.359. The summed E-state index contributed by atoms with van der Waals surface area (Å²) in [5, 5.41) is 2.01. The monoisotopic (exact) mass is 516 g/mol. The minimum atomic E-state index is -0.468. The summed E-state index contributed by atoms with van der Waals surface area (Å²) >= 11 is 6.96. The molecule has 0 atom stereocenters. The largest absolute Gasteiger partial charge is 0.483 e. The van der Waals surface area contributed by atoms with Gasteiger partial charge in [0.25, 0.3) is 11.8 Å². The van der Waals surface area contributed by atoms with Crippen LogP contribution in [0.1, 0.15) is 11.1 Å². The van der Waals surface area contributed by atoms with E-state index in [1.54, 1.807) is 12.1 Å². The van der Waals surface area contributed by atoms with Crippen molar-refractivity contribution >= 4 is 60.5 Å². The molecule has 0 bridgehead atoms. The van der Waals surface area contributed by atoms with Crippen molar-refractivity contribution in [3.63, 3.8) is 0 Å². The van der Waals surface area contributed by atoms with Gasteiger partial charge >= 0.3 is 0 Å². The van der Waals surface area contributed by atoms with Crippen LogP contribution in [-0.4, -0.2) is 18.4 Å². The van der Waals surface area contributed by atoms with E-state index in [-0.39, 0.29) is 6.61 Å². The Labute approximate surface area is 185 Å². The van der Waals surface area contributed by atoms with Crippen LogP contribution < -0.4 is 15.6 Å². The Morgan fingerprint density at radius 3 is 2.52 bits per heavy atom. The quantitative estimate of drug-likeness (QED) is 0.373. The Kier molecular flexibility index (Phi) is 7.06. The summed E-state index contributed by atoms with van der Waals surface area (Å²) < 4.78 is 7.32. The molecule has 29 heavy (non-hydrogen) atoms. The number of benzene rings is 3. The number of nitrogens with one attached hydrogen (secondary N) is 2. The standard InChI is InChI=1S/C22H18Br2N2O3/c1-14-2-4-15(5-3-14)6-11-20(27)25-26-21(28)13-29-19-10-7-16-12-17(23)8-9-18(16)22(19)24/h2-12H,13H2,1H3,(H,25,27)(H,26,28)/b11-6+. The molecule has 0 aliphatic rings. The number of carbonyl (C=O) groups is 2. The fourth-order valence-corrected chi connectivity index (χ4v) is 3.54. The molecule has 2 N–H and O–H groups in total. The lowest BCUT2D eigenvalue weighted by atomic mass is 10.1. The van der Waals surface area contributed by atoms with Crippen LogP contribution in [0.5, 0.6) is 5.75 Å². The molecule has 0 saturated heterocycles. The Balaban J connectivity index is 1.50. The number of hydrazine groups is 1. The van der Waals surface area contributed by atoms with Gasteiger partial charge in [-0.15, -0.1) is 0 Å². The Morgan fingerprint density at radius 1 is 1.00 bits per heavy atom. The molecule has 0 fully saturated rings. The van der Waals surface area contributed by atoms with Crippen LogP contribution in [0.25, 0.3) is 16.8 Å². The van der Waals surface area contributed by atoms with E-state index in [1.165, 1.54) is 6.08 Å². The fourth-order valence-electron chi connectivity index (χ4n) is 2.56. The van der Waals surface area contributed by atoms with Crippen LogP contribution in [0.15, 0.2) is 69.6 Å². The summed E-state index contributed by atoms with van der Waals surface area (Å²) in [6.45, 7) is 1.76. The van der Waals surface area contributed by atoms with Crippen molar-refractivity contribution in [2.45, 2.75) is 6.92 Å². The first-order chi connectivity index (χ1) is 13.9. The minimum Gasteiger partial charge on any atom is -0.483 e. The van der Waals surface area contributed by atoms with E-state index in [2.05, 4.69) is 42.7 Å². The van der Waals surface area contributed by atoms with Crippen LogP contribution in [0.2, 0.25) is 0 Å². The maximum atomic E-state index is 12.0. The SMILES string of the molecule is Cc1ccc(/C=C/C(=O)NNC(=O)COc2ccc3cc(Br)ccc3c2Br)cc1. The average molecular weight is 518 g/mol. The van der Waals surface area contributed by atoms with Gasteiger partial charge in [0.1, 0.15) is 5.75 Å². The average Bonchev–Trinajstić information content (AvgIpc) is 2.71. The number of hydrogen-bond acceptors (Lipinski definition) is 3. The first kappa shape index (κ1) is 21.1. The van der Waals surface area contributed by atoms with Crippen LogP contribution in [0.3, 0.4) is 0 Å². The summed E-state index contributed by atoms with van der Waals surface area (Å²) in [4.78, 5) is 23.8. The van der Waals surface area contributed by atoms with E-state index in [9.17, 15) is 9.59 Å². The highest BCUT2D eigenvalue weighted by molar-refractivity contribution is 9.11. The molecule has 5 nitrogen and oxygen atoms in total. The van der Waals surface area contributed by atoms with E-state index in [0.29, 0.717) is 5.75 Å². The van der Waals surface area contributed by atoms with E-state index < -0.39 is 11.8 Å². The van der Waals surface area contributed by atoms with Gasteiger partial charge in [-0.3, -0.25) is 20.4 Å². The van der Waals surface area contributed by atoms with Crippen molar-refractivity contribution in [1.82, 2.24) is 10.9 Å². The molecule has 3 aromatic rings. The van der Waals surface area contributed by atoms with Crippen molar-refractivity contribution in [2.24, 2.45) is 0 Å². The first-order valence-electron chi connectivity index (χ1n) is 8.76. The van der Waals surface area contributed by atoms with Crippen LogP contribution in [0, 0.1) is 6.92 Å². The molecular weight excluding hydrogens is 500 g/mol. The molecule has 0 spiro atoms. The second-order valence-electron chi connectivity index (χ2n) is 6.31. The van der Waals surface area contributed by atoms with Crippen molar-refractivity contribution in [3.05, 3.63) is 80.7 Å². The summed E-state index contributed by atoms with van der Waals surface area (Å²) in [7, 11) is 0. The summed E-state index contributed by atoms with van der Waals surface area (Å²) in [6.07, 6.45) is 3.02. The molecule has 0 saturated carbocycles. The molecule has 3 rings (SSSR count). The van der Waals surface area contributed by atoms with Gasteiger partial charge in [-0.25, -0.2) is 0 Å². The van der Waals surface area contributed by atoms with E-state index >= 15 is 0 Å². The number of carbonyl (C=O) groups excluding carboxylic acids is 2. The van der Waals surface area contributed by atoms with E-state index in [4.69, 9.17) is 4.74 Å². The molecule has 0 heterocycles. The van der Waals surface area contributed by atoms with Crippen molar-refractivity contribution < 1.29 is 14.3 Å². The Morgan fingerprint density at radius 2 is 1.76 bits per heavy atom. The zero-order valence-electron chi connectivity index (χ0n) is 15.5. The maximum Gasteiger partial charge on any atom is 0.276 e. The molecule has 3 aromatic carbocycles. The number of aryl methyl sites for hydroxylation is 1. The van der Waals surface area contributed by atoms with Crippen molar-refractivity contribution in [1.29, 1.82) is 0 Å². The van der Waals surface area contributed by atoms with Gasteiger partial charge in [0.2, 0.25) is 0 Å². The van der Waals surface area contributed by atoms with Crippen LogP contribution in [-0.2, 0) is 9.59 Å². The molecule has 2 amide bonds. The van der Waals surface area contributed by atoms with Gasteiger partial charge in [0.15, 0.2) is 6.61 Å². The second kappa shape index (κ2) is 9.71. The van der Waals surface area contributed by atoms with Gasteiger partial charge in [0.05, 0.1) is 4.47 Å². The highest BCUT2D eigenvalue weighted by Crippen LogP contribution is 2.34. The number of rotatable bonds is 5. The number of hydrogen-bond donors (Lipinski definition) is 2. The molecular formula is C22H18Br2N2O3. The minimum absolute atomic E-state index is 0.234. The lowest BCUT2D eigenvalue weighted by molar-refractivity contribution is -0.128. The third-order valence-electron chi connectivity index (χ3n) is 4.07. The summed E-state index contributed by atoms with van der Waals surface area (Å²) in [6, 6.07) is 17.3. The van der Waals surface area contributed by atoms with Gasteiger partial charge in [0, 0.05) is 10.5 Å². The molecule has 0 radical (unpaired) electrons. The van der Waals surface area contributed by atoms with Gasteiger partial charge in [-0.2, -0.15) is 0 Å². The lowest BCUT2D eigenvalue weighted by Crippen LogP contribution is -2.43. The predicted octanol–water partition coefficient (Wildman–Crippen LogP) is 4.91.